The van der Waals surface area contributed by atoms with Crippen molar-refractivity contribution in [3.05, 3.63) is 53.7 Å². The maximum atomic E-state index is 10.3. The predicted octanol–water partition coefficient (Wildman–Crippen LogP) is 4.61. The topological polar surface area (TPSA) is 30.0 Å². The summed E-state index contributed by atoms with van der Waals surface area (Å²) in [5, 5.41) is 0. The summed E-state index contributed by atoms with van der Waals surface area (Å²) >= 11 is 0. The van der Waals surface area contributed by atoms with E-state index in [-0.39, 0.29) is 0 Å². The second kappa shape index (κ2) is 8.35. The second-order valence-electron chi connectivity index (χ2n) is 5.41. The van der Waals surface area contributed by atoms with Gasteiger partial charge in [-0.25, -0.2) is 0 Å². The monoisotopic (exact) mass is 281 g/mol. The molecular weight excluding hydrogens is 258 g/mol. The number of rotatable bonds is 8. The van der Waals surface area contributed by atoms with Crippen molar-refractivity contribution >= 4 is 6.29 Å². The zero-order valence-electron chi connectivity index (χ0n) is 12.7. The van der Waals surface area contributed by atoms with Crippen LogP contribution in [0, 0.1) is 0 Å². The summed E-state index contributed by atoms with van der Waals surface area (Å²) in [5.41, 5.74) is 4.76. The van der Waals surface area contributed by atoms with Crippen LogP contribution in [0.3, 0.4) is 0 Å². The first kappa shape index (κ1) is 15.4. The number of nitrogens with zero attached hydrogens (tertiary/aromatic N) is 1. The Morgan fingerprint density at radius 2 is 1.67 bits per heavy atom. The van der Waals surface area contributed by atoms with Gasteiger partial charge in [0.05, 0.1) is 5.69 Å². The van der Waals surface area contributed by atoms with Gasteiger partial charge >= 0.3 is 0 Å². The molecule has 0 unspecified atom stereocenters. The first-order chi connectivity index (χ1) is 10.3. The van der Waals surface area contributed by atoms with Crippen molar-refractivity contribution in [2.24, 2.45) is 0 Å². The van der Waals surface area contributed by atoms with Gasteiger partial charge in [0.15, 0.2) is 0 Å². The Labute approximate surface area is 127 Å². The summed E-state index contributed by atoms with van der Waals surface area (Å²) in [4.78, 5) is 14.9. The third-order valence-corrected chi connectivity index (χ3v) is 3.68. The lowest BCUT2D eigenvalue weighted by Gasteiger charge is -2.05. The Balaban J connectivity index is 1.99. The number of aromatic nitrogens is 1. The van der Waals surface area contributed by atoms with E-state index >= 15 is 0 Å². The predicted molar refractivity (Wildman–Crippen MR) is 87.3 cm³/mol. The highest BCUT2D eigenvalue weighted by molar-refractivity contribution is 5.59. The fraction of sp³-hybridized carbons (Fsp3) is 0.368. The van der Waals surface area contributed by atoms with Crippen LogP contribution in [0.1, 0.15) is 43.7 Å². The van der Waals surface area contributed by atoms with Gasteiger partial charge in [0.1, 0.15) is 6.29 Å². The van der Waals surface area contributed by atoms with Crippen molar-refractivity contribution in [2.75, 3.05) is 0 Å². The molecule has 2 heteroatoms. The van der Waals surface area contributed by atoms with Crippen LogP contribution >= 0.6 is 0 Å². The number of hydrogen-bond acceptors (Lipinski definition) is 2. The SMILES string of the molecule is CCCCc1ccc(-c2ccc(CCCC=O)cc2)nc1. The molecule has 0 saturated carbocycles. The molecular formula is C19H23NO. The number of benzene rings is 1. The molecule has 0 aliphatic heterocycles. The highest BCUT2D eigenvalue weighted by atomic mass is 16.1. The number of carbonyl (C=O) groups excluding carboxylic acids is 1. The van der Waals surface area contributed by atoms with Crippen LogP contribution in [0.5, 0.6) is 0 Å². The summed E-state index contributed by atoms with van der Waals surface area (Å²) in [6, 6.07) is 12.8. The van der Waals surface area contributed by atoms with Gasteiger partial charge in [0.25, 0.3) is 0 Å². The molecule has 0 bridgehead atoms. The molecule has 110 valence electrons. The molecule has 2 aromatic rings. The highest BCUT2D eigenvalue weighted by Crippen LogP contribution is 2.19. The first-order valence-electron chi connectivity index (χ1n) is 7.81. The van der Waals surface area contributed by atoms with Crippen molar-refractivity contribution in [3.8, 4) is 11.3 Å². The fourth-order valence-electron chi connectivity index (χ4n) is 2.36. The molecule has 0 aliphatic rings. The van der Waals surface area contributed by atoms with Crippen LogP contribution in [-0.2, 0) is 17.6 Å². The molecule has 21 heavy (non-hydrogen) atoms. The van der Waals surface area contributed by atoms with E-state index in [1.54, 1.807) is 0 Å². The Morgan fingerprint density at radius 1 is 0.952 bits per heavy atom. The van der Waals surface area contributed by atoms with E-state index in [4.69, 9.17) is 0 Å². The number of carbonyl (C=O) groups is 1. The van der Waals surface area contributed by atoms with E-state index in [2.05, 4.69) is 48.3 Å². The standard InChI is InChI=1S/C19H23NO/c1-2-3-6-17-10-13-19(20-15-17)18-11-8-16(9-12-18)7-4-5-14-21/h8-15H,2-7H2,1H3. The Bertz CT molecular complexity index is 543. The molecule has 2 rings (SSSR count). The fourth-order valence-corrected chi connectivity index (χ4v) is 2.36. The van der Waals surface area contributed by atoms with Crippen molar-refractivity contribution in [2.45, 2.75) is 45.4 Å². The van der Waals surface area contributed by atoms with Crippen LogP contribution in [0.2, 0.25) is 0 Å². The first-order valence-corrected chi connectivity index (χ1v) is 7.81. The van der Waals surface area contributed by atoms with Gasteiger partial charge in [0, 0.05) is 18.2 Å². The number of unbranched alkanes of at least 4 members (excludes halogenated alkanes) is 2. The molecule has 0 saturated heterocycles. The molecule has 1 aromatic heterocycles. The zero-order chi connectivity index (χ0) is 14.9. The minimum atomic E-state index is 0.641. The molecule has 0 aliphatic carbocycles. The van der Waals surface area contributed by atoms with E-state index in [9.17, 15) is 4.79 Å². The summed E-state index contributed by atoms with van der Waals surface area (Å²) in [6.07, 6.45) is 9.04. The van der Waals surface area contributed by atoms with Gasteiger partial charge in [0.2, 0.25) is 0 Å². The minimum absolute atomic E-state index is 0.641. The van der Waals surface area contributed by atoms with Gasteiger partial charge in [-0.1, -0.05) is 43.7 Å². The summed E-state index contributed by atoms with van der Waals surface area (Å²) in [6.45, 7) is 2.21. The van der Waals surface area contributed by atoms with Crippen molar-refractivity contribution in [1.82, 2.24) is 4.98 Å². The van der Waals surface area contributed by atoms with Crippen molar-refractivity contribution in [1.29, 1.82) is 0 Å². The molecule has 1 heterocycles. The number of aldehydes is 1. The molecule has 0 amide bonds. The average Bonchev–Trinajstić information content (AvgIpc) is 2.54. The quantitative estimate of drug-likeness (QED) is 0.522. The Kier molecular flexibility index (Phi) is 6.14. The van der Waals surface area contributed by atoms with Gasteiger partial charge in [-0.15, -0.1) is 0 Å². The van der Waals surface area contributed by atoms with Gasteiger partial charge in [-0.3, -0.25) is 4.98 Å². The Hall–Kier alpha value is -1.96. The lowest BCUT2D eigenvalue weighted by Crippen LogP contribution is -1.90. The molecule has 0 radical (unpaired) electrons. The van der Waals surface area contributed by atoms with Crippen LogP contribution in [0.15, 0.2) is 42.6 Å². The van der Waals surface area contributed by atoms with Gasteiger partial charge in [-0.05, 0) is 42.9 Å². The maximum absolute atomic E-state index is 10.3. The molecule has 1 aromatic carbocycles. The van der Waals surface area contributed by atoms with Crippen molar-refractivity contribution in [3.63, 3.8) is 0 Å². The molecule has 0 N–H and O–H groups in total. The van der Waals surface area contributed by atoms with E-state index in [1.165, 1.54) is 24.0 Å². The van der Waals surface area contributed by atoms with Crippen LogP contribution in [0.25, 0.3) is 11.3 Å². The number of aryl methyl sites for hydroxylation is 2. The summed E-state index contributed by atoms with van der Waals surface area (Å²) in [5.74, 6) is 0. The molecule has 0 atom stereocenters. The normalized spacial score (nSPS) is 10.5. The van der Waals surface area contributed by atoms with Crippen LogP contribution in [0.4, 0.5) is 0 Å². The van der Waals surface area contributed by atoms with Gasteiger partial charge < -0.3 is 4.79 Å². The van der Waals surface area contributed by atoms with E-state index in [1.807, 2.05) is 6.20 Å². The lowest BCUT2D eigenvalue weighted by atomic mass is 10.0. The third-order valence-electron chi connectivity index (χ3n) is 3.68. The average molecular weight is 281 g/mol. The lowest BCUT2D eigenvalue weighted by molar-refractivity contribution is -0.107. The maximum Gasteiger partial charge on any atom is 0.120 e. The number of hydrogen-bond donors (Lipinski definition) is 0. The summed E-state index contributed by atoms with van der Waals surface area (Å²) < 4.78 is 0. The second-order valence-corrected chi connectivity index (χ2v) is 5.41. The van der Waals surface area contributed by atoms with E-state index in [0.29, 0.717) is 6.42 Å². The van der Waals surface area contributed by atoms with Gasteiger partial charge in [-0.2, -0.15) is 0 Å². The summed E-state index contributed by atoms with van der Waals surface area (Å²) in [7, 11) is 0. The third kappa shape index (κ3) is 4.82. The smallest absolute Gasteiger partial charge is 0.120 e. The van der Waals surface area contributed by atoms with Crippen molar-refractivity contribution < 1.29 is 4.79 Å². The minimum Gasteiger partial charge on any atom is -0.303 e. The van der Waals surface area contributed by atoms with Crippen LogP contribution in [-0.4, -0.2) is 11.3 Å². The largest absolute Gasteiger partial charge is 0.303 e. The molecule has 2 nitrogen and oxygen atoms in total. The molecule has 0 spiro atoms. The van der Waals surface area contributed by atoms with Crippen LogP contribution < -0.4 is 0 Å². The number of pyridine rings is 1. The molecule has 0 fully saturated rings. The van der Waals surface area contributed by atoms with E-state index in [0.717, 1.165) is 36.8 Å². The Morgan fingerprint density at radius 3 is 2.29 bits per heavy atom. The zero-order valence-corrected chi connectivity index (χ0v) is 12.7. The van der Waals surface area contributed by atoms with E-state index < -0.39 is 0 Å². The highest BCUT2D eigenvalue weighted by Gasteiger charge is 2.01.